The number of rotatable bonds is 4. The first-order valence-corrected chi connectivity index (χ1v) is 6.73. The standard InChI is InChI=1S/C16H17FN2O3/c1-4-8-19-10(2)13(15(20)22-3)14(18-16(19)21)11-6-5-7-12(17)9-11/h4-7,9,14H,1,8H2,2-3H3,(H,18,21). The van der Waals surface area contributed by atoms with Crippen molar-refractivity contribution in [2.45, 2.75) is 13.0 Å². The lowest BCUT2D eigenvalue weighted by Crippen LogP contribution is -2.48. The van der Waals surface area contributed by atoms with Crippen LogP contribution in [0.5, 0.6) is 0 Å². The zero-order chi connectivity index (χ0) is 16.3. The van der Waals surface area contributed by atoms with Gasteiger partial charge in [-0.15, -0.1) is 6.58 Å². The third-order valence-electron chi connectivity index (χ3n) is 3.50. The third-order valence-corrected chi connectivity index (χ3v) is 3.50. The number of carbonyl (C=O) groups is 2. The summed E-state index contributed by atoms with van der Waals surface area (Å²) in [6, 6.07) is 4.62. The van der Waals surface area contributed by atoms with Gasteiger partial charge in [0.2, 0.25) is 0 Å². The molecule has 0 saturated heterocycles. The van der Waals surface area contributed by atoms with Crippen LogP contribution < -0.4 is 5.32 Å². The molecule has 6 heteroatoms. The maximum absolute atomic E-state index is 13.5. The summed E-state index contributed by atoms with van der Waals surface area (Å²) in [5, 5.41) is 2.70. The number of ether oxygens (including phenoxy) is 1. The Labute approximate surface area is 128 Å². The van der Waals surface area contributed by atoms with Crippen molar-refractivity contribution in [1.82, 2.24) is 10.2 Å². The number of carbonyl (C=O) groups excluding carboxylic acids is 2. The first-order chi connectivity index (χ1) is 10.5. The summed E-state index contributed by atoms with van der Waals surface area (Å²) in [4.78, 5) is 25.7. The van der Waals surface area contributed by atoms with E-state index in [9.17, 15) is 14.0 Å². The summed E-state index contributed by atoms with van der Waals surface area (Å²) < 4.78 is 18.3. The second-order valence-corrected chi connectivity index (χ2v) is 4.83. The largest absolute Gasteiger partial charge is 0.466 e. The molecule has 1 unspecified atom stereocenters. The Kier molecular flexibility index (Phi) is 4.60. The molecule has 1 atom stereocenters. The van der Waals surface area contributed by atoms with Crippen LogP contribution in [0.4, 0.5) is 9.18 Å². The van der Waals surface area contributed by atoms with Gasteiger partial charge < -0.3 is 10.1 Å². The molecular formula is C16H17FN2O3. The van der Waals surface area contributed by atoms with Gasteiger partial charge in [0.25, 0.3) is 0 Å². The van der Waals surface area contributed by atoms with Crippen molar-refractivity contribution in [3.63, 3.8) is 0 Å². The van der Waals surface area contributed by atoms with Crippen molar-refractivity contribution in [2.24, 2.45) is 0 Å². The molecule has 116 valence electrons. The molecule has 1 aromatic carbocycles. The van der Waals surface area contributed by atoms with Crippen molar-refractivity contribution in [2.75, 3.05) is 13.7 Å². The third kappa shape index (κ3) is 2.86. The summed E-state index contributed by atoms with van der Waals surface area (Å²) in [5.74, 6) is -1.01. The molecule has 0 fully saturated rings. The van der Waals surface area contributed by atoms with Crippen LogP contribution in [0.3, 0.4) is 0 Å². The van der Waals surface area contributed by atoms with Crippen LogP contribution in [0.15, 0.2) is 48.2 Å². The molecule has 0 radical (unpaired) electrons. The maximum Gasteiger partial charge on any atom is 0.337 e. The van der Waals surface area contributed by atoms with Gasteiger partial charge in [-0.1, -0.05) is 18.2 Å². The highest BCUT2D eigenvalue weighted by atomic mass is 19.1. The van der Waals surface area contributed by atoms with Gasteiger partial charge in [-0.3, -0.25) is 4.90 Å². The lowest BCUT2D eigenvalue weighted by atomic mass is 9.95. The second-order valence-electron chi connectivity index (χ2n) is 4.83. The highest BCUT2D eigenvalue weighted by molar-refractivity contribution is 5.95. The number of halogens is 1. The number of hydrogen-bond donors (Lipinski definition) is 1. The highest BCUT2D eigenvalue weighted by Gasteiger charge is 2.35. The van der Waals surface area contributed by atoms with Crippen molar-refractivity contribution in [3.8, 4) is 0 Å². The van der Waals surface area contributed by atoms with E-state index in [-0.39, 0.29) is 18.1 Å². The van der Waals surface area contributed by atoms with E-state index in [4.69, 9.17) is 4.74 Å². The van der Waals surface area contributed by atoms with E-state index in [1.807, 2.05) is 0 Å². The summed E-state index contributed by atoms with van der Waals surface area (Å²) in [5.41, 5.74) is 1.21. The maximum atomic E-state index is 13.5. The molecule has 0 aromatic heterocycles. The lowest BCUT2D eigenvalue weighted by molar-refractivity contribution is -0.136. The molecular weight excluding hydrogens is 287 g/mol. The van der Waals surface area contributed by atoms with Gasteiger partial charge in [0.1, 0.15) is 5.82 Å². The highest BCUT2D eigenvalue weighted by Crippen LogP contribution is 2.31. The number of hydrogen-bond acceptors (Lipinski definition) is 3. The van der Waals surface area contributed by atoms with E-state index in [2.05, 4.69) is 11.9 Å². The predicted octanol–water partition coefficient (Wildman–Crippen LogP) is 2.53. The summed E-state index contributed by atoms with van der Waals surface area (Å²) >= 11 is 0. The van der Waals surface area contributed by atoms with Crippen molar-refractivity contribution in [3.05, 3.63) is 59.6 Å². The van der Waals surface area contributed by atoms with Gasteiger partial charge in [-0.05, 0) is 24.6 Å². The van der Waals surface area contributed by atoms with Crippen LogP contribution in [-0.4, -0.2) is 30.6 Å². The summed E-state index contributed by atoms with van der Waals surface area (Å²) in [7, 11) is 1.26. The van der Waals surface area contributed by atoms with Crippen LogP contribution in [0, 0.1) is 5.82 Å². The molecule has 0 aliphatic carbocycles. The topological polar surface area (TPSA) is 58.6 Å². The fraction of sp³-hybridized carbons (Fsp3) is 0.250. The molecule has 1 N–H and O–H groups in total. The van der Waals surface area contributed by atoms with Gasteiger partial charge in [-0.2, -0.15) is 0 Å². The quantitative estimate of drug-likeness (QED) is 0.687. The fourth-order valence-electron chi connectivity index (χ4n) is 2.44. The van der Waals surface area contributed by atoms with Gasteiger partial charge in [0.15, 0.2) is 0 Å². The average Bonchev–Trinajstić information content (AvgIpc) is 2.50. The Hall–Kier alpha value is -2.63. The molecule has 1 aliphatic rings. The van der Waals surface area contributed by atoms with Gasteiger partial charge in [0, 0.05) is 12.2 Å². The van der Waals surface area contributed by atoms with Crippen molar-refractivity contribution >= 4 is 12.0 Å². The molecule has 2 rings (SSSR count). The Morgan fingerprint density at radius 1 is 1.55 bits per heavy atom. The van der Waals surface area contributed by atoms with E-state index in [0.29, 0.717) is 11.3 Å². The predicted molar refractivity (Wildman–Crippen MR) is 79.3 cm³/mol. The molecule has 2 amide bonds. The van der Waals surface area contributed by atoms with Gasteiger partial charge >= 0.3 is 12.0 Å². The molecule has 0 bridgehead atoms. The minimum Gasteiger partial charge on any atom is -0.466 e. The minimum absolute atomic E-state index is 0.258. The zero-order valence-corrected chi connectivity index (χ0v) is 12.4. The van der Waals surface area contributed by atoms with Crippen LogP contribution >= 0.6 is 0 Å². The first kappa shape index (κ1) is 15.8. The van der Waals surface area contributed by atoms with Crippen molar-refractivity contribution in [1.29, 1.82) is 0 Å². The van der Waals surface area contributed by atoms with E-state index in [1.165, 1.54) is 30.2 Å². The van der Waals surface area contributed by atoms with E-state index in [1.54, 1.807) is 19.1 Å². The fourth-order valence-corrected chi connectivity index (χ4v) is 2.44. The first-order valence-electron chi connectivity index (χ1n) is 6.73. The average molecular weight is 304 g/mol. The minimum atomic E-state index is -0.753. The monoisotopic (exact) mass is 304 g/mol. The SMILES string of the molecule is C=CCN1C(=O)NC(c2cccc(F)c2)C(C(=O)OC)=C1C. The Morgan fingerprint density at radius 3 is 2.86 bits per heavy atom. The second kappa shape index (κ2) is 6.43. The van der Waals surface area contributed by atoms with E-state index < -0.39 is 17.8 Å². The molecule has 0 spiro atoms. The van der Waals surface area contributed by atoms with Crippen molar-refractivity contribution < 1.29 is 18.7 Å². The Bertz CT molecular complexity index is 655. The van der Waals surface area contributed by atoms with E-state index >= 15 is 0 Å². The summed E-state index contributed by atoms with van der Waals surface area (Å²) in [6.45, 7) is 5.50. The zero-order valence-electron chi connectivity index (χ0n) is 12.4. The van der Waals surface area contributed by atoms with Gasteiger partial charge in [0.05, 0.1) is 18.7 Å². The molecule has 22 heavy (non-hydrogen) atoms. The lowest BCUT2D eigenvalue weighted by Gasteiger charge is -2.34. The normalized spacial score (nSPS) is 18.0. The van der Waals surface area contributed by atoms with Gasteiger partial charge in [-0.25, -0.2) is 14.0 Å². The molecule has 1 heterocycles. The summed E-state index contributed by atoms with van der Waals surface area (Å²) in [6.07, 6.45) is 1.56. The number of amides is 2. The van der Waals surface area contributed by atoms with Crippen LogP contribution in [0.1, 0.15) is 18.5 Å². The smallest absolute Gasteiger partial charge is 0.337 e. The Morgan fingerprint density at radius 2 is 2.27 bits per heavy atom. The molecule has 5 nitrogen and oxygen atoms in total. The number of urea groups is 1. The molecule has 1 aliphatic heterocycles. The van der Waals surface area contributed by atoms with Crippen LogP contribution in [0.25, 0.3) is 0 Å². The number of esters is 1. The number of nitrogens with one attached hydrogen (secondary N) is 1. The number of nitrogens with zero attached hydrogens (tertiary/aromatic N) is 1. The molecule has 1 aromatic rings. The van der Waals surface area contributed by atoms with Crippen LogP contribution in [-0.2, 0) is 9.53 Å². The number of allylic oxidation sites excluding steroid dienone is 1. The molecule has 0 saturated carbocycles. The van der Waals surface area contributed by atoms with E-state index in [0.717, 1.165) is 0 Å². The Balaban J connectivity index is 2.55. The number of benzene rings is 1. The number of methoxy groups -OCH3 is 1. The van der Waals surface area contributed by atoms with Crippen LogP contribution in [0.2, 0.25) is 0 Å².